The summed E-state index contributed by atoms with van der Waals surface area (Å²) in [6.45, 7) is 0. The molecule has 0 aliphatic heterocycles. The van der Waals surface area contributed by atoms with Crippen LogP contribution in [0.1, 0.15) is 10.4 Å². The largest absolute Gasteiger partial charge is 0.296 e. The Labute approximate surface area is 92.9 Å². The third kappa shape index (κ3) is 2.19. The van der Waals surface area contributed by atoms with Crippen LogP contribution in [0.3, 0.4) is 0 Å². The van der Waals surface area contributed by atoms with Gasteiger partial charge in [-0.2, -0.15) is 0 Å². The molecule has 1 aromatic heterocycles. The summed E-state index contributed by atoms with van der Waals surface area (Å²) in [6, 6.07) is 2.73. The van der Waals surface area contributed by atoms with Crippen molar-refractivity contribution >= 4 is 22.4 Å². The fraction of sp³-hybridized carbons (Fsp3) is 0. The second-order valence-corrected chi connectivity index (χ2v) is 3.66. The number of carbonyl (C=O) groups is 1. The number of nitrogens with one attached hydrogen (secondary N) is 1. The summed E-state index contributed by atoms with van der Waals surface area (Å²) in [7, 11) is 0. The van der Waals surface area contributed by atoms with Gasteiger partial charge in [0.15, 0.2) is 0 Å². The molecule has 16 heavy (non-hydrogen) atoms. The fourth-order valence-electron chi connectivity index (χ4n) is 1.07. The molecule has 0 bridgehead atoms. The van der Waals surface area contributed by atoms with Crippen LogP contribution in [0, 0.1) is 11.6 Å². The van der Waals surface area contributed by atoms with E-state index in [0.29, 0.717) is 6.07 Å². The highest BCUT2D eigenvalue weighted by atomic mass is 32.1. The standard InChI is InChI=1S/C9H5F2N3OS/c10-5-1-2-6(7(11)3-5)8(15)13-9-14-12-4-16-9/h1-4H,(H,13,14,15). The minimum atomic E-state index is -0.915. The second-order valence-electron chi connectivity index (χ2n) is 2.82. The van der Waals surface area contributed by atoms with Crippen LogP contribution in [0.25, 0.3) is 0 Å². The zero-order valence-electron chi connectivity index (χ0n) is 7.78. The van der Waals surface area contributed by atoms with E-state index in [1.807, 2.05) is 0 Å². The Bertz CT molecular complexity index is 515. The van der Waals surface area contributed by atoms with Crippen molar-refractivity contribution in [3.8, 4) is 0 Å². The van der Waals surface area contributed by atoms with Crippen LogP contribution in [-0.4, -0.2) is 16.1 Å². The van der Waals surface area contributed by atoms with E-state index in [1.165, 1.54) is 5.51 Å². The Morgan fingerprint density at radius 2 is 2.19 bits per heavy atom. The van der Waals surface area contributed by atoms with Crippen LogP contribution in [0.4, 0.5) is 13.9 Å². The van der Waals surface area contributed by atoms with Crippen molar-refractivity contribution in [3.05, 3.63) is 40.9 Å². The van der Waals surface area contributed by atoms with Crippen molar-refractivity contribution in [2.24, 2.45) is 0 Å². The van der Waals surface area contributed by atoms with Crippen LogP contribution < -0.4 is 5.32 Å². The van der Waals surface area contributed by atoms with E-state index in [1.54, 1.807) is 0 Å². The van der Waals surface area contributed by atoms with Gasteiger partial charge in [0, 0.05) is 6.07 Å². The van der Waals surface area contributed by atoms with Gasteiger partial charge in [0.1, 0.15) is 17.1 Å². The highest BCUT2D eigenvalue weighted by molar-refractivity contribution is 7.13. The van der Waals surface area contributed by atoms with Gasteiger partial charge in [0.2, 0.25) is 5.13 Å². The molecule has 2 aromatic rings. The summed E-state index contributed by atoms with van der Waals surface area (Å²) >= 11 is 1.10. The molecule has 1 heterocycles. The average Bonchev–Trinajstić information content (AvgIpc) is 2.70. The SMILES string of the molecule is O=C(Nc1nncs1)c1ccc(F)cc1F. The number of aromatic nitrogens is 2. The maximum absolute atomic E-state index is 13.2. The lowest BCUT2D eigenvalue weighted by molar-refractivity contribution is 0.102. The van der Waals surface area contributed by atoms with Crippen LogP contribution in [0.2, 0.25) is 0 Å². The quantitative estimate of drug-likeness (QED) is 0.875. The topological polar surface area (TPSA) is 54.9 Å². The summed E-state index contributed by atoms with van der Waals surface area (Å²) in [5, 5.41) is 9.67. The monoisotopic (exact) mass is 241 g/mol. The van der Waals surface area contributed by atoms with Gasteiger partial charge in [-0.3, -0.25) is 10.1 Å². The smallest absolute Gasteiger partial charge is 0.260 e. The first-order valence-electron chi connectivity index (χ1n) is 4.19. The van der Waals surface area contributed by atoms with E-state index in [-0.39, 0.29) is 10.7 Å². The number of amides is 1. The Morgan fingerprint density at radius 1 is 1.38 bits per heavy atom. The van der Waals surface area contributed by atoms with E-state index in [4.69, 9.17) is 0 Å². The molecule has 0 spiro atoms. The minimum Gasteiger partial charge on any atom is -0.296 e. The van der Waals surface area contributed by atoms with Crippen molar-refractivity contribution in [1.29, 1.82) is 0 Å². The molecule has 0 aliphatic carbocycles. The molecule has 0 radical (unpaired) electrons. The highest BCUT2D eigenvalue weighted by Crippen LogP contribution is 2.13. The van der Waals surface area contributed by atoms with Crippen LogP contribution in [-0.2, 0) is 0 Å². The molecular formula is C9H5F2N3OS. The molecule has 0 atom stereocenters. The zero-order valence-corrected chi connectivity index (χ0v) is 8.59. The lowest BCUT2D eigenvalue weighted by atomic mass is 10.2. The third-order valence-electron chi connectivity index (χ3n) is 1.76. The van der Waals surface area contributed by atoms with Crippen molar-refractivity contribution < 1.29 is 13.6 Å². The first-order valence-corrected chi connectivity index (χ1v) is 5.07. The lowest BCUT2D eigenvalue weighted by Gasteiger charge is -2.02. The number of rotatable bonds is 2. The van der Waals surface area contributed by atoms with Crippen molar-refractivity contribution in [3.63, 3.8) is 0 Å². The molecule has 2 rings (SSSR count). The Morgan fingerprint density at radius 3 is 2.81 bits per heavy atom. The molecule has 0 saturated carbocycles. The number of nitrogens with zero attached hydrogens (tertiary/aromatic N) is 2. The maximum atomic E-state index is 13.2. The summed E-state index contributed by atoms with van der Waals surface area (Å²) in [5.41, 5.74) is 1.19. The van der Waals surface area contributed by atoms with Gasteiger partial charge in [-0.25, -0.2) is 8.78 Å². The molecule has 0 saturated heterocycles. The van der Waals surface area contributed by atoms with Crippen molar-refractivity contribution in [2.75, 3.05) is 5.32 Å². The Balaban J connectivity index is 2.21. The van der Waals surface area contributed by atoms with Gasteiger partial charge in [0.25, 0.3) is 5.91 Å². The van der Waals surface area contributed by atoms with Crippen LogP contribution >= 0.6 is 11.3 Å². The second kappa shape index (κ2) is 4.31. The third-order valence-corrected chi connectivity index (χ3v) is 2.36. The van der Waals surface area contributed by atoms with Gasteiger partial charge in [-0.1, -0.05) is 11.3 Å². The summed E-state index contributed by atoms with van der Waals surface area (Å²) < 4.78 is 25.8. The molecule has 82 valence electrons. The summed E-state index contributed by atoms with van der Waals surface area (Å²) in [6.07, 6.45) is 0. The van der Waals surface area contributed by atoms with Gasteiger partial charge in [0.05, 0.1) is 5.56 Å². The first-order chi connectivity index (χ1) is 7.66. The first kappa shape index (κ1) is 10.6. The molecule has 0 unspecified atom stereocenters. The molecular weight excluding hydrogens is 236 g/mol. The van der Waals surface area contributed by atoms with Gasteiger partial charge in [-0.05, 0) is 12.1 Å². The molecule has 0 aliphatic rings. The number of anilines is 1. The summed E-state index contributed by atoms with van der Waals surface area (Å²) in [5.74, 6) is -2.33. The minimum absolute atomic E-state index is 0.239. The van der Waals surface area contributed by atoms with Crippen LogP contribution in [0.15, 0.2) is 23.7 Å². The van der Waals surface area contributed by atoms with Gasteiger partial charge < -0.3 is 0 Å². The highest BCUT2D eigenvalue weighted by Gasteiger charge is 2.13. The zero-order chi connectivity index (χ0) is 11.5. The predicted octanol–water partition coefficient (Wildman–Crippen LogP) is 2.07. The van der Waals surface area contributed by atoms with Crippen molar-refractivity contribution in [2.45, 2.75) is 0 Å². The summed E-state index contributed by atoms with van der Waals surface area (Å²) in [4.78, 5) is 11.5. The van der Waals surface area contributed by atoms with E-state index in [9.17, 15) is 13.6 Å². The van der Waals surface area contributed by atoms with Gasteiger partial charge in [-0.15, -0.1) is 10.2 Å². The van der Waals surface area contributed by atoms with Crippen LogP contribution in [0.5, 0.6) is 0 Å². The van der Waals surface area contributed by atoms with Gasteiger partial charge >= 0.3 is 0 Å². The van der Waals surface area contributed by atoms with E-state index >= 15 is 0 Å². The van der Waals surface area contributed by atoms with E-state index < -0.39 is 17.5 Å². The molecule has 0 fully saturated rings. The van der Waals surface area contributed by atoms with Crippen molar-refractivity contribution in [1.82, 2.24) is 10.2 Å². The number of carbonyl (C=O) groups excluding carboxylic acids is 1. The predicted molar refractivity (Wildman–Crippen MR) is 54.2 cm³/mol. The fourth-order valence-corrected chi connectivity index (χ4v) is 1.51. The molecule has 1 aromatic carbocycles. The maximum Gasteiger partial charge on any atom is 0.260 e. The molecule has 1 N–H and O–H groups in total. The molecule has 4 nitrogen and oxygen atoms in total. The number of benzene rings is 1. The normalized spacial score (nSPS) is 10.1. The van der Waals surface area contributed by atoms with E-state index in [2.05, 4.69) is 15.5 Å². The Hall–Kier alpha value is -1.89. The Kier molecular flexibility index (Phi) is 2.86. The lowest BCUT2D eigenvalue weighted by Crippen LogP contribution is -2.13. The van der Waals surface area contributed by atoms with E-state index in [0.717, 1.165) is 23.5 Å². The molecule has 1 amide bonds. The molecule has 7 heteroatoms. The number of hydrogen-bond acceptors (Lipinski definition) is 4. The number of halogens is 2. The number of hydrogen-bond donors (Lipinski definition) is 1. The average molecular weight is 241 g/mol.